The molecule has 0 fully saturated rings. The summed E-state index contributed by atoms with van der Waals surface area (Å²) in [6.07, 6.45) is 0. The molecule has 19 heavy (non-hydrogen) atoms. The first kappa shape index (κ1) is 13.3. The number of benzene rings is 1. The van der Waals surface area contributed by atoms with Gasteiger partial charge in [-0.15, -0.1) is 0 Å². The first-order chi connectivity index (χ1) is 9.08. The van der Waals surface area contributed by atoms with Crippen LogP contribution in [-0.4, -0.2) is 9.97 Å². The van der Waals surface area contributed by atoms with Crippen LogP contribution in [0.15, 0.2) is 30.3 Å². The molecule has 0 aliphatic carbocycles. The molecule has 0 radical (unpaired) electrons. The van der Waals surface area contributed by atoms with E-state index in [0.717, 1.165) is 17.0 Å². The molecule has 2 aromatic rings. The van der Waals surface area contributed by atoms with Crippen molar-refractivity contribution in [1.82, 2.24) is 9.97 Å². The van der Waals surface area contributed by atoms with Crippen LogP contribution in [0.25, 0.3) is 0 Å². The van der Waals surface area contributed by atoms with E-state index < -0.39 is 0 Å². The lowest BCUT2D eigenvalue weighted by atomic mass is 10.0. The van der Waals surface area contributed by atoms with Crippen molar-refractivity contribution in [3.8, 4) is 5.75 Å². The normalized spacial score (nSPS) is 10.7. The van der Waals surface area contributed by atoms with Crippen LogP contribution in [0.2, 0.25) is 0 Å². The summed E-state index contributed by atoms with van der Waals surface area (Å²) >= 11 is 0. The van der Waals surface area contributed by atoms with E-state index in [9.17, 15) is 0 Å². The summed E-state index contributed by atoms with van der Waals surface area (Å²) in [4.78, 5) is 8.77. The summed E-state index contributed by atoms with van der Waals surface area (Å²) in [5, 5.41) is 0. The van der Waals surface area contributed by atoms with Gasteiger partial charge in [-0.2, -0.15) is 0 Å². The molecule has 0 bridgehead atoms. The third-order valence-corrected chi connectivity index (χ3v) is 2.90. The van der Waals surface area contributed by atoms with E-state index in [1.54, 1.807) is 0 Å². The number of hydrogen-bond donors (Lipinski definition) is 1. The van der Waals surface area contributed by atoms with Gasteiger partial charge in [0.1, 0.15) is 18.2 Å². The topological polar surface area (TPSA) is 61.0 Å². The van der Waals surface area contributed by atoms with Crippen molar-refractivity contribution in [2.24, 2.45) is 0 Å². The summed E-state index contributed by atoms with van der Waals surface area (Å²) in [7, 11) is 0. The van der Waals surface area contributed by atoms with E-state index in [2.05, 4.69) is 23.8 Å². The van der Waals surface area contributed by atoms with Crippen molar-refractivity contribution in [3.05, 3.63) is 47.4 Å². The van der Waals surface area contributed by atoms with Gasteiger partial charge in [-0.05, 0) is 25.0 Å². The molecule has 0 spiro atoms. The lowest BCUT2D eigenvalue weighted by Crippen LogP contribution is -2.10. The Morgan fingerprint density at radius 2 is 1.84 bits per heavy atom. The van der Waals surface area contributed by atoms with Crippen LogP contribution in [0.1, 0.15) is 36.8 Å². The van der Waals surface area contributed by atoms with Crippen LogP contribution in [-0.2, 0) is 6.61 Å². The Labute approximate surface area is 113 Å². The molecule has 1 aromatic carbocycles. The van der Waals surface area contributed by atoms with Gasteiger partial charge in [0.15, 0.2) is 5.82 Å². The highest BCUT2D eigenvalue weighted by atomic mass is 16.5. The van der Waals surface area contributed by atoms with Crippen LogP contribution in [0, 0.1) is 6.92 Å². The molecule has 2 N–H and O–H groups in total. The number of rotatable bonds is 4. The molecular formula is C15H19N3O. The Balaban J connectivity index is 2.14. The maximum absolute atomic E-state index is 5.99. The Hall–Kier alpha value is -2.10. The molecule has 1 heterocycles. The van der Waals surface area contributed by atoms with Gasteiger partial charge < -0.3 is 10.5 Å². The summed E-state index contributed by atoms with van der Waals surface area (Å²) in [6.45, 7) is 6.46. The lowest BCUT2D eigenvalue weighted by Gasteiger charge is -2.13. The second-order valence-corrected chi connectivity index (χ2v) is 4.78. The third kappa shape index (κ3) is 3.22. The van der Waals surface area contributed by atoms with Gasteiger partial charge in [-0.1, -0.05) is 32.0 Å². The van der Waals surface area contributed by atoms with Crippen molar-refractivity contribution in [2.45, 2.75) is 33.3 Å². The minimum atomic E-state index is 0.323. The van der Waals surface area contributed by atoms with Crippen molar-refractivity contribution in [1.29, 1.82) is 0 Å². The molecule has 4 heteroatoms. The molecule has 0 aliphatic rings. The maximum atomic E-state index is 5.99. The van der Waals surface area contributed by atoms with E-state index in [4.69, 9.17) is 10.5 Å². The summed E-state index contributed by atoms with van der Waals surface area (Å²) in [5.41, 5.74) is 7.93. The predicted octanol–water partition coefficient (Wildman–Crippen LogP) is 3.07. The molecule has 0 atom stereocenters. The molecule has 0 saturated carbocycles. The third-order valence-electron chi connectivity index (χ3n) is 2.90. The van der Waals surface area contributed by atoms with E-state index in [1.165, 1.54) is 0 Å². The number of para-hydroxylation sites is 1. The molecule has 0 unspecified atom stereocenters. The molecular weight excluding hydrogens is 238 g/mol. The molecule has 2 rings (SSSR count). The number of nitrogens with two attached hydrogens (primary N) is 1. The van der Waals surface area contributed by atoms with Gasteiger partial charge in [0, 0.05) is 11.3 Å². The molecule has 4 nitrogen and oxygen atoms in total. The summed E-state index contributed by atoms with van der Waals surface area (Å²) in [5.74, 6) is 2.29. The second kappa shape index (κ2) is 5.69. The van der Waals surface area contributed by atoms with E-state index >= 15 is 0 Å². The zero-order valence-corrected chi connectivity index (χ0v) is 11.6. The Morgan fingerprint density at radius 1 is 1.16 bits per heavy atom. The quantitative estimate of drug-likeness (QED) is 0.914. The number of ether oxygens (including phenoxy) is 1. The fourth-order valence-electron chi connectivity index (χ4n) is 2.11. The largest absolute Gasteiger partial charge is 0.486 e. The fourth-order valence-corrected chi connectivity index (χ4v) is 2.11. The van der Waals surface area contributed by atoms with E-state index in [-0.39, 0.29) is 0 Å². The van der Waals surface area contributed by atoms with Crippen molar-refractivity contribution in [2.75, 3.05) is 5.73 Å². The van der Waals surface area contributed by atoms with Crippen LogP contribution in [0.5, 0.6) is 5.75 Å². The molecule has 1 aromatic heterocycles. The Morgan fingerprint density at radius 3 is 2.42 bits per heavy atom. The molecule has 0 saturated heterocycles. The average Bonchev–Trinajstić information content (AvgIpc) is 2.36. The molecule has 0 aliphatic heterocycles. The minimum Gasteiger partial charge on any atom is -0.486 e. The van der Waals surface area contributed by atoms with Crippen molar-refractivity contribution < 1.29 is 4.74 Å². The van der Waals surface area contributed by atoms with Gasteiger partial charge in [-0.25, -0.2) is 9.97 Å². The van der Waals surface area contributed by atoms with Crippen molar-refractivity contribution >= 4 is 5.82 Å². The number of nitrogens with zero attached hydrogens (tertiary/aromatic N) is 2. The zero-order chi connectivity index (χ0) is 13.8. The van der Waals surface area contributed by atoms with E-state index in [1.807, 2.05) is 37.3 Å². The van der Waals surface area contributed by atoms with Crippen LogP contribution in [0.3, 0.4) is 0 Å². The van der Waals surface area contributed by atoms with Gasteiger partial charge in [0.2, 0.25) is 0 Å². The highest BCUT2D eigenvalue weighted by molar-refractivity contribution is 5.44. The fraction of sp³-hybridized carbons (Fsp3) is 0.333. The SMILES string of the molecule is Cc1nc(COc2ccccc2)nc(N)c1C(C)C. The number of nitrogen functional groups attached to an aromatic ring is 1. The predicted molar refractivity (Wildman–Crippen MR) is 76.0 cm³/mol. The highest BCUT2D eigenvalue weighted by Crippen LogP contribution is 2.23. The number of aryl methyl sites for hydroxylation is 1. The van der Waals surface area contributed by atoms with Gasteiger partial charge >= 0.3 is 0 Å². The minimum absolute atomic E-state index is 0.323. The van der Waals surface area contributed by atoms with E-state index in [0.29, 0.717) is 24.2 Å². The number of aromatic nitrogens is 2. The first-order valence-corrected chi connectivity index (χ1v) is 6.38. The van der Waals surface area contributed by atoms with Gasteiger partial charge in [0.25, 0.3) is 0 Å². The summed E-state index contributed by atoms with van der Waals surface area (Å²) in [6, 6.07) is 9.61. The number of anilines is 1. The van der Waals surface area contributed by atoms with Gasteiger partial charge in [-0.3, -0.25) is 0 Å². The number of hydrogen-bond acceptors (Lipinski definition) is 4. The van der Waals surface area contributed by atoms with Crippen LogP contribution in [0.4, 0.5) is 5.82 Å². The average molecular weight is 257 g/mol. The van der Waals surface area contributed by atoms with Crippen LogP contribution >= 0.6 is 0 Å². The summed E-state index contributed by atoms with van der Waals surface area (Å²) < 4.78 is 5.62. The van der Waals surface area contributed by atoms with Crippen LogP contribution < -0.4 is 10.5 Å². The standard InChI is InChI=1S/C15H19N3O/c1-10(2)14-11(3)17-13(18-15(14)16)9-19-12-7-5-4-6-8-12/h4-8,10H,9H2,1-3H3,(H2,16,17,18). The smallest absolute Gasteiger partial charge is 0.168 e. The van der Waals surface area contributed by atoms with Crippen molar-refractivity contribution in [3.63, 3.8) is 0 Å². The lowest BCUT2D eigenvalue weighted by molar-refractivity contribution is 0.295. The molecule has 100 valence electrons. The Kier molecular flexibility index (Phi) is 4.00. The first-order valence-electron chi connectivity index (χ1n) is 6.38. The zero-order valence-electron chi connectivity index (χ0n) is 11.6. The monoisotopic (exact) mass is 257 g/mol. The maximum Gasteiger partial charge on any atom is 0.168 e. The highest BCUT2D eigenvalue weighted by Gasteiger charge is 2.12. The Bertz CT molecular complexity index is 530. The molecule has 0 amide bonds. The second-order valence-electron chi connectivity index (χ2n) is 4.78. The van der Waals surface area contributed by atoms with Gasteiger partial charge in [0.05, 0.1) is 0 Å².